The predicted octanol–water partition coefficient (Wildman–Crippen LogP) is -0.584. The highest BCUT2D eigenvalue weighted by Gasteiger charge is 2.10. The van der Waals surface area contributed by atoms with E-state index in [4.69, 9.17) is 0 Å². The summed E-state index contributed by atoms with van der Waals surface area (Å²) in [5, 5.41) is 9.28. The molecule has 1 aliphatic heterocycles. The molecule has 0 radical (unpaired) electrons. The smallest absolute Gasteiger partial charge is 0.268 e. The lowest BCUT2D eigenvalue weighted by molar-refractivity contribution is 0.628. The van der Waals surface area contributed by atoms with Gasteiger partial charge in [-0.25, -0.2) is 5.10 Å². The molecule has 0 amide bonds. The Balaban J connectivity index is 2.58. The lowest BCUT2D eigenvalue weighted by Crippen LogP contribution is -2.30. The fraction of sp³-hybridized carbons (Fsp3) is 0.429. The number of H-pyrrole nitrogens is 1. The van der Waals surface area contributed by atoms with Crippen molar-refractivity contribution >= 4 is 0 Å². The number of nitrogens with zero attached hydrogens (tertiary/aromatic N) is 1. The molecule has 0 aromatic carbocycles. The largest absolute Gasteiger partial charge is 0.312 e. The Hall–Kier alpha value is -1.16. The third kappa shape index (κ3) is 1.05. The summed E-state index contributed by atoms with van der Waals surface area (Å²) in [6.45, 7) is 1.62. The Bertz CT molecular complexity index is 318. The van der Waals surface area contributed by atoms with Crippen molar-refractivity contribution in [2.75, 3.05) is 6.54 Å². The third-order valence-electron chi connectivity index (χ3n) is 1.92. The molecule has 1 aromatic heterocycles. The zero-order valence-electron chi connectivity index (χ0n) is 6.05. The summed E-state index contributed by atoms with van der Waals surface area (Å²) in [5.74, 6) is 0. The quantitative estimate of drug-likeness (QED) is 0.521. The fourth-order valence-corrected chi connectivity index (χ4v) is 1.31. The molecule has 11 heavy (non-hydrogen) atoms. The number of aromatic amines is 1. The molecule has 0 saturated heterocycles. The van der Waals surface area contributed by atoms with Gasteiger partial charge in [0.05, 0.1) is 6.20 Å². The van der Waals surface area contributed by atoms with Crippen LogP contribution in [0.4, 0.5) is 0 Å². The molecular weight excluding hydrogens is 142 g/mol. The van der Waals surface area contributed by atoms with Crippen molar-refractivity contribution in [1.29, 1.82) is 0 Å². The first kappa shape index (κ1) is 6.54. The van der Waals surface area contributed by atoms with Crippen molar-refractivity contribution < 1.29 is 0 Å². The number of aromatic nitrogens is 2. The van der Waals surface area contributed by atoms with Crippen LogP contribution in [0.3, 0.4) is 0 Å². The van der Waals surface area contributed by atoms with Gasteiger partial charge < -0.3 is 5.32 Å². The van der Waals surface area contributed by atoms with Crippen LogP contribution in [0.25, 0.3) is 0 Å². The van der Waals surface area contributed by atoms with Gasteiger partial charge in [-0.1, -0.05) is 0 Å². The molecule has 2 N–H and O–H groups in total. The molecule has 0 aliphatic carbocycles. The summed E-state index contributed by atoms with van der Waals surface area (Å²) in [7, 11) is 0. The van der Waals surface area contributed by atoms with E-state index in [2.05, 4.69) is 15.5 Å². The van der Waals surface area contributed by atoms with E-state index in [1.165, 1.54) is 0 Å². The average Bonchev–Trinajstić information content (AvgIpc) is 2.06. The molecule has 2 rings (SSSR count). The molecule has 4 heteroatoms. The van der Waals surface area contributed by atoms with Crippen molar-refractivity contribution in [3.8, 4) is 0 Å². The van der Waals surface area contributed by atoms with Crippen molar-refractivity contribution in [3.05, 3.63) is 27.7 Å². The molecule has 58 valence electrons. The maximum absolute atomic E-state index is 11.1. The van der Waals surface area contributed by atoms with Crippen LogP contribution in [0, 0.1) is 0 Å². The maximum Gasteiger partial charge on any atom is 0.268 e. The zero-order chi connectivity index (χ0) is 7.68. The molecule has 0 spiro atoms. The Labute approximate surface area is 63.6 Å². The van der Waals surface area contributed by atoms with Gasteiger partial charge in [-0.2, -0.15) is 5.10 Å². The summed E-state index contributed by atoms with van der Waals surface area (Å²) in [6, 6.07) is 0. The van der Waals surface area contributed by atoms with Crippen LogP contribution in [-0.2, 0) is 13.0 Å². The number of hydrogen-bond donors (Lipinski definition) is 2. The second kappa shape index (κ2) is 2.47. The molecule has 4 nitrogen and oxygen atoms in total. The Morgan fingerprint density at radius 1 is 1.55 bits per heavy atom. The lowest BCUT2D eigenvalue weighted by atomic mass is 10.1. The number of nitrogens with one attached hydrogen (secondary N) is 2. The van der Waals surface area contributed by atoms with E-state index in [9.17, 15) is 4.79 Å². The molecule has 0 unspecified atom stereocenters. The molecule has 2 heterocycles. The summed E-state index contributed by atoms with van der Waals surface area (Å²) in [6.07, 6.45) is 2.64. The Morgan fingerprint density at radius 2 is 2.45 bits per heavy atom. The highest BCUT2D eigenvalue weighted by atomic mass is 16.1. The van der Waals surface area contributed by atoms with Crippen LogP contribution in [0.15, 0.2) is 11.0 Å². The second-order valence-electron chi connectivity index (χ2n) is 2.63. The molecule has 0 saturated carbocycles. The first-order valence-corrected chi connectivity index (χ1v) is 3.64. The van der Waals surface area contributed by atoms with Gasteiger partial charge in [-0.15, -0.1) is 0 Å². The standard InChI is InChI=1S/C7H9N3O/c11-7-6-4-8-2-1-5(6)3-9-10-7/h3,8H,1-2,4H2,(H,10,11). The summed E-state index contributed by atoms with van der Waals surface area (Å²) >= 11 is 0. The monoisotopic (exact) mass is 151 g/mol. The molecule has 0 fully saturated rings. The van der Waals surface area contributed by atoms with E-state index in [0.717, 1.165) is 24.1 Å². The summed E-state index contributed by atoms with van der Waals surface area (Å²) in [4.78, 5) is 11.1. The van der Waals surface area contributed by atoms with Crippen molar-refractivity contribution in [1.82, 2.24) is 15.5 Å². The van der Waals surface area contributed by atoms with Gasteiger partial charge >= 0.3 is 0 Å². The van der Waals surface area contributed by atoms with Crippen molar-refractivity contribution in [3.63, 3.8) is 0 Å². The Kier molecular flexibility index (Phi) is 1.47. The minimum Gasteiger partial charge on any atom is -0.312 e. The van der Waals surface area contributed by atoms with Gasteiger partial charge in [0.2, 0.25) is 0 Å². The summed E-state index contributed by atoms with van der Waals surface area (Å²) < 4.78 is 0. The van der Waals surface area contributed by atoms with Crippen molar-refractivity contribution in [2.45, 2.75) is 13.0 Å². The fourth-order valence-electron chi connectivity index (χ4n) is 1.31. The van der Waals surface area contributed by atoms with E-state index in [1.807, 2.05) is 0 Å². The number of hydrogen-bond acceptors (Lipinski definition) is 3. The van der Waals surface area contributed by atoms with Crippen LogP contribution >= 0.6 is 0 Å². The van der Waals surface area contributed by atoms with E-state index in [0.29, 0.717) is 6.54 Å². The van der Waals surface area contributed by atoms with Crippen LogP contribution in [0.2, 0.25) is 0 Å². The van der Waals surface area contributed by atoms with Crippen LogP contribution in [0.1, 0.15) is 11.1 Å². The normalized spacial score (nSPS) is 16.0. The van der Waals surface area contributed by atoms with E-state index in [-0.39, 0.29) is 5.56 Å². The van der Waals surface area contributed by atoms with Crippen LogP contribution in [-0.4, -0.2) is 16.7 Å². The van der Waals surface area contributed by atoms with Crippen LogP contribution in [0.5, 0.6) is 0 Å². The van der Waals surface area contributed by atoms with E-state index >= 15 is 0 Å². The minimum absolute atomic E-state index is 0.0605. The highest BCUT2D eigenvalue weighted by molar-refractivity contribution is 5.22. The van der Waals surface area contributed by atoms with Gasteiger partial charge in [-0.3, -0.25) is 4.79 Å². The van der Waals surface area contributed by atoms with E-state index in [1.54, 1.807) is 6.20 Å². The summed E-state index contributed by atoms with van der Waals surface area (Å²) in [5.41, 5.74) is 1.86. The molecule has 0 bridgehead atoms. The first-order valence-electron chi connectivity index (χ1n) is 3.64. The molecule has 1 aromatic rings. The van der Waals surface area contributed by atoms with E-state index < -0.39 is 0 Å². The SMILES string of the molecule is O=c1[nH]ncc2c1CNCC2. The second-order valence-corrected chi connectivity index (χ2v) is 2.63. The van der Waals surface area contributed by atoms with Gasteiger partial charge in [0.1, 0.15) is 0 Å². The van der Waals surface area contributed by atoms with Gasteiger partial charge in [0, 0.05) is 12.1 Å². The maximum atomic E-state index is 11.1. The minimum atomic E-state index is -0.0605. The topological polar surface area (TPSA) is 57.8 Å². The first-order chi connectivity index (χ1) is 5.38. The number of rotatable bonds is 0. The van der Waals surface area contributed by atoms with Crippen molar-refractivity contribution in [2.24, 2.45) is 0 Å². The molecule has 0 atom stereocenters. The zero-order valence-corrected chi connectivity index (χ0v) is 6.05. The van der Waals surface area contributed by atoms with Gasteiger partial charge in [0.25, 0.3) is 5.56 Å². The van der Waals surface area contributed by atoms with Crippen LogP contribution < -0.4 is 10.9 Å². The van der Waals surface area contributed by atoms with Gasteiger partial charge in [0.15, 0.2) is 0 Å². The highest BCUT2D eigenvalue weighted by Crippen LogP contribution is 2.05. The lowest BCUT2D eigenvalue weighted by Gasteiger charge is -2.13. The Morgan fingerprint density at radius 3 is 3.27 bits per heavy atom. The predicted molar refractivity (Wildman–Crippen MR) is 40.3 cm³/mol. The third-order valence-corrected chi connectivity index (χ3v) is 1.92. The number of fused-ring (bicyclic) bond motifs is 1. The van der Waals surface area contributed by atoms with Gasteiger partial charge in [-0.05, 0) is 18.5 Å². The molecular formula is C7H9N3O. The average molecular weight is 151 g/mol. The molecule has 1 aliphatic rings.